The van der Waals surface area contributed by atoms with Gasteiger partial charge < -0.3 is 14.8 Å². The molecule has 0 aliphatic carbocycles. The quantitative estimate of drug-likeness (QED) is 0.568. The van der Waals surface area contributed by atoms with E-state index in [9.17, 15) is 0 Å². The summed E-state index contributed by atoms with van der Waals surface area (Å²) in [6.07, 6.45) is 2.48. The lowest BCUT2D eigenvalue weighted by Crippen LogP contribution is -2.34. The third-order valence-electron chi connectivity index (χ3n) is 2.34. The molecule has 3 heteroatoms. The van der Waals surface area contributed by atoms with Gasteiger partial charge in [0.25, 0.3) is 0 Å². The highest BCUT2D eigenvalue weighted by molar-refractivity contribution is 4.65. The summed E-state index contributed by atoms with van der Waals surface area (Å²) >= 11 is 0. The molecule has 0 saturated carbocycles. The minimum absolute atomic E-state index is 0.327. The molecule has 0 aliphatic rings. The van der Waals surface area contributed by atoms with Gasteiger partial charge in [-0.15, -0.1) is 0 Å². The molecule has 0 amide bonds. The van der Waals surface area contributed by atoms with Crippen LogP contribution in [0.25, 0.3) is 0 Å². The molecule has 0 aromatic rings. The first-order valence-electron chi connectivity index (χ1n) is 6.03. The molecule has 92 valence electrons. The van der Waals surface area contributed by atoms with E-state index in [0.29, 0.717) is 12.0 Å². The lowest BCUT2D eigenvalue weighted by molar-refractivity contribution is 0.0133. The summed E-state index contributed by atoms with van der Waals surface area (Å²) in [6.45, 7) is 10.2. The molecule has 0 heterocycles. The Balaban J connectivity index is 3.54. The van der Waals surface area contributed by atoms with Crippen LogP contribution in [0, 0.1) is 5.92 Å². The first-order chi connectivity index (χ1) is 7.22. The molecule has 3 nitrogen and oxygen atoms in total. The summed E-state index contributed by atoms with van der Waals surface area (Å²) in [5, 5.41) is 3.40. The van der Waals surface area contributed by atoms with Crippen LogP contribution in [-0.2, 0) is 9.47 Å². The van der Waals surface area contributed by atoms with Crippen molar-refractivity contribution in [3.8, 4) is 0 Å². The van der Waals surface area contributed by atoms with E-state index in [1.54, 1.807) is 7.11 Å². The maximum absolute atomic E-state index is 5.81. The predicted molar refractivity (Wildman–Crippen MR) is 64.2 cm³/mol. The lowest BCUT2D eigenvalue weighted by Gasteiger charge is -2.22. The number of rotatable bonds is 10. The topological polar surface area (TPSA) is 30.5 Å². The van der Waals surface area contributed by atoms with E-state index in [-0.39, 0.29) is 0 Å². The lowest BCUT2D eigenvalue weighted by atomic mass is 10.1. The molecule has 0 aromatic carbocycles. The van der Waals surface area contributed by atoms with Crippen LogP contribution in [0.5, 0.6) is 0 Å². The molecule has 0 aliphatic heterocycles. The highest BCUT2D eigenvalue weighted by Gasteiger charge is 2.12. The Morgan fingerprint density at radius 3 is 2.47 bits per heavy atom. The van der Waals surface area contributed by atoms with Crippen molar-refractivity contribution in [3.05, 3.63) is 0 Å². The molecule has 1 unspecified atom stereocenters. The molecule has 0 aromatic heterocycles. The van der Waals surface area contributed by atoms with E-state index in [4.69, 9.17) is 9.47 Å². The second-order valence-electron chi connectivity index (χ2n) is 4.20. The van der Waals surface area contributed by atoms with E-state index < -0.39 is 0 Å². The Morgan fingerprint density at radius 2 is 1.93 bits per heavy atom. The van der Waals surface area contributed by atoms with Gasteiger partial charge in [0.1, 0.15) is 0 Å². The highest BCUT2D eigenvalue weighted by Crippen LogP contribution is 2.06. The molecule has 0 rings (SSSR count). The van der Waals surface area contributed by atoms with Gasteiger partial charge in [-0.25, -0.2) is 0 Å². The molecule has 0 radical (unpaired) electrons. The third kappa shape index (κ3) is 8.85. The summed E-state index contributed by atoms with van der Waals surface area (Å²) in [7, 11) is 1.72. The molecule has 0 bridgehead atoms. The normalized spacial score (nSPS) is 13.4. The van der Waals surface area contributed by atoms with Crippen molar-refractivity contribution < 1.29 is 9.47 Å². The SMILES string of the molecule is CCCNCC(OCCCOC)C(C)C. The number of ether oxygens (including phenoxy) is 2. The number of nitrogens with one attached hydrogen (secondary N) is 1. The van der Waals surface area contributed by atoms with Crippen molar-refractivity contribution in [2.75, 3.05) is 33.4 Å². The van der Waals surface area contributed by atoms with Crippen molar-refractivity contribution in [2.45, 2.75) is 39.7 Å². The Hall–Kier alpha value is -0.120. The molecular weight excluding hydrogens is 190 g/mol. The zero-order chi connectivity index (χ0) is 11.5. The summed E-state index contributed by atoms with van der Waals surface area (Å²) in [6, 6.07) is 0. The first-order valence-corrected chi connectivity index (χ1v) is 6.03. The molecule has 0 fully saturated rings. The Labute approximate surface area is 94.5 Å². The van der Waals surface area contributed by atoms with Crippen molar-refractivity contribution in [1.82, 2.24) is 5.32 Å². The molecular formula is C12H27NO2. The zero-order valence-corrected chi connectivity index (χ0v) is 10.7. The van der Waals surface area contributed by atoms with Crippen molar-refractivity contribution >= 4 is 0 Å². The highest BCUT2D eigenvalue weighted by atomic mass is 16.5. The minimum atomic E-state index is 0.327. The summed E-state index contributed by atoms with van der Waals surface area (Å²) < 4.78 is 10.8. The maximum atomic E-state index is 5.81. The molecule has 0 saturated heterocycles. The standard InChI is InChI=1S/C12H27NO2/c1-5-7-13-10-12(11(2)3)15-9-6-8-14-4/h11-13H,5-10H2,1-4H3. The second-order valence-corrected chi connectivity index (χ2v) is 4.20. The van der Waals surface area contributed by atoms with Gasteiger partial charge in [-0.2, -0.15) is 0 Å². The van der Waals surface area contributed by atoms with Gasteiger partial charge in [-0.05, 0) is 25.3 Å². The predicted octanol–water partition coefficient (Wildman–Crippen LogP) is 2.06. The smallest absolute Gasteiger partial charge is 0.0722 e. The Morgan fingerprint density at radius 1 is 1.20 bits per heavy atom. The fourth-order valence-corrected chi connectivity index (χ4v) is 1.35. The third-order valence-corrected chi connectivity index (χ3v) is 2.34. The van der Waals surface area contributed by atoms with Crippen LogP contribution >= 0.6 is 0 Å². The average molecular weight is 217 g/mol. The Bertz CT molecular complexity index is 129. The van der Waals surface area contributed by atoms with Gasteiger partial charge >= 0.3 is 0 Å². The van der Waals surface area contributed by atoms with Gasteiger partial charge in [-0.3, -0.25) is 0 Å². The van der Waals surface area contributed by atoms with E-state index >= 15 is 0 Å². The number of methoxy groups -OCH3 is 1. The summed E-state index contributed by atoms with van der Waals surface area (Å²) in [5.41, 5.74) is 0. The second kappa shape index (κ2) is 10.4. The van der Waals surface area contributed by atoms with Gasteiger partial charge in [0, 0.05) is 26.9 Å². The monoisotopic (exact) mass is 217 g/mol. The van der Waals surface area contributed by atoms with Crippen molar-refractivity contribution in [2.24, 2.45) is 5.92 Å². The molecule has 1 atom stereocenters. The van der Waals surface area contributed by atoms with Crippen LogP contribution in [0.4, 0.5) is 0 Å². The fourth-order valence-electron chi connectivity index (χ4n) is 1.35. The summed E-state index contributed by atoms with van der Waals surface area (Å²) in [5.74, 6) is 0.567. The number of hydrogen-bond acceptors (Lipinski definition) is 3. The van der Waals surface area contributed by atoms with Crippen LogP contribution < -0.4 is 5.32 Å². The number of hydrogen-bond donors (Lipinski definition) is 1. The largest absolute Gasteiger partial charge is 0.385 e. The van der Waals surface area contributed by atoms with Gasteiger partial charge in [0.2, 0.25) is 0 Å². The molecule has 15 heavy (non-hydrogen) atoms. The summed E-state index contributed by atoms with van der Waals surface area (Å²) in [4.78, 5) is 0. The van der Waals surface area contributed by atoms with Crippen LogP contribution in [0.3, 0.4) is 0 Å². The van der Waals surface area contributed by atoms with Gasteiger partial charge in [0.05, 0.1) is 6.10 Å². The van der Waals surface area contributed by atoms with Crippen molar-refractivity contribution in [1.29, 1.82) is 0 Å². The van der Waals surface area contributed by atoms with E-state index in [0.717, 1.165) is 32.7 Å². The minimum Gasteiger partial charge on any atom is -0.385 e. The van der Waals surface area contributed by atoms with Crippen LogP contribution in [-0.4, -0.2) is 39.5 Å². The van der Waals surface area contributed by atoms with Crippen molar-refractivity contribution in [3.63, 3.8) is 0 Å². The van der Waals surface area contributed by atoms with E-state index in [1.165, 1.54) is 6.42 Å². The first kappa shape index (κ1) is 14.9. The van der Waals surface area contributed by atoms with Gasteiger partial charge in [0.15, 0.2) is 0 Å². The average Bonchev–Trinajstić information content (AvgIpc) is 2.21. The van der Waals surface area contributed by atoms with Crippen LogP contribution in [0.2, 0.25) is 0 Å². The molecule has 0 spiro atoms. The van der Waals surface area contributed by atoms with Crippen LogP contribution in [0.1, 0.15) is 33.6 Å². The zero-order valence-electron chi connectivity index (χ0n) is 10.7. The van der Waals surface area contributed by atoms with Crippen LogP contribution in [0.15, 0.2) is 0 Å². The maximum Gasteiger partial charge on any atom is 0.0722 e. The van der Waals surface area contributed by atoms with E-state index in [1.807, 2.05) is 0 Å². The van der Waals surface area contributed by atoms with Gasteiger partial charge in [-0.1, -0.05) is 20.8 Å². The Kier molecular flexibility index (Phi) is 10.3. The molecule has 1 N–H and O–H groups in total. The van der Waals surface area contributed by atoms with E-state index in [2.05, 4.69) is 26.1 Å². The fraction of sp³-hybridized carbons (Fsp3) is 1.00.